The van der Waals surface area contributed by atoms with Crippen LogP contribution in [-0.2, 0) is 17.6 Å². The molecule has 0 bridgehead atoms. The van der Waals surface area contributed by atoms with E-state index in [1.165, 1.54) is 28.2 Å². The number of thiophene rings is 1. The molecule has 5 nitrogen and oxygen atoms in total. The summed E-state index contributed by atoms with van der Waals surface area (Å²) in [4.78, 5) is 31.8. The van der Waals surface area contributed by atoms with Gasteiger partial charge in [0.2, 0.25) is 5.91 Å². The van der Waals surface area contributed by atoms with Gasteiger partial charge in [-0.25, -0.2) is 4.98 Å². The fourth-order valence-electron chi connectivity index (χ4n) is 3.20. The van der Waals surface area contributed by atoms with Gasteiger partial charge in [0, 0.05) is 17.1 Å². The zero-order chi connectivity index (χ0) is 18.1. The Hall–Kier alpha value is -2.51. The molecule has 0 saturated carbocycles. The molecule has 4 rings (SSSR count). The van der Waals surface area contributed by atoms with Gasteiger partial charge in [-0.15, -0.1) is 22.7 Å². The summed E-state index contributed by atoms with van der Waals surface area (Å²) in [6.45, 7) is 2.06. The first kappa shape index (κ1) is 16.9. The van der Waals surface area contributed by atoms with Crippen LogP contribution >= 0.6 is 22.7 Å². The van der Waals surface area contributed by atoms with Crippen LogP contribution in [0.25, 0.3) is 0 Å². The zero-order valence-electron chi connectivity index (χ0n) is 14.1. The second-order valence-electron chi connectivity index (χ2n) is 6.20. The number of anilines is 2. The van der Waals surface area contributed by atoms with Crippen molar-refractivity contribution >= 4 is 45.3 Å². The molecule has 0 spiro atoms. The molecule has 1 aromatic carbocycles. The third-order valence-corrected chi connectivity index (χ3v) is 6.00. The molecule has 3 heterocycles. The summed E-state index contributed by atoms with van der Waals surface area (Å²) in [7, 11) is 0. The topological polar surface area (TPSA) is 62.3 Å². The molecule has 2 amide bonds. The quantitative estimate of drug-likeness (QED) is 0.741. The van der Waals surface area contributed by atoms with E-state index in [2.05, 4.69) is 23.3 Å². The Labute approximate surface area is 159 Å². The first-order valence-electron chi connectivity index (χ1n) is 8.31. The Kier molecular flexibility index (Phi) is 4.57. The molecule has 0 aliphatic carbocycles. The molecule has 7 heteroatoms. The summed E-state index contributed by atoms with van der Waals surface area (Å²) in [6.07, 6.45) is 1.10. The van der Waals surface area contributed by atoms with Gasteiger partial charge in [-0.05, 0) is 36.4 Å². The maximum Gasteiger partial charge on any atom is 0.267 e. The highest BCUT2D eigenvalue weighted by molar-refractivity contribution is 7.14. The molecule has 1 aliphatic rings. The highest BCUT2D eigenvalue weighted by Crippen LogP contribution is 2.32. The van der Waals surface area contributed by atoms with Crippen molar-refractivity contribution in [2.45, 2.75) is 25.8 Å². The molecule has 26 heavy (non-hydrogen) atoms. The second kappa shape index (κ2) is 7.01. The maximum atomic E-state index is 12.8. The van der Waals surface area contributed by atoms with E-state index in [1.807, 2.05) is 39.9 Å². The number of carbonyl (C=O) groups excluding carboxylic acids is 2. The normalized spacial score (nSPS) is 15.7. The van der Waals surface area contributed by atoms with Gasteiger partial charge in [-0.3, -0.25) is 14.9 Å². The fourth-order valence-corrected chi connectivity index (χ4v) is 4.52. The fraction of sp³-hybridized carbons (Fsp3) is 0.211. The van der Waals surface area contributed by atoms with Crippen LogP contribution in [0.1, 0.15) is 27.9 Å². The summed E-state index contributed by atoms with van der Waals surface area (Å²) < 4.78 is 0. The van der Waals surface area contributed by atoms with E-state index in [0.29, 0.717) is 15.7 Å². The SMILES string of the molecule is C[C@@H]1Cc2ccccc2N1C(=O)Cc1csc(NC(=O)c2cccs2)n1. The molecule has 0 saturated heterocycles. The van der Waals surface area contributed by atoms with Gasteiger partial charge >= 0.3 is 0 Å². The van der Waals surface area contributed by atoms with Gasteiger partial charge in [0.05, 0.1) is 17.0 Å². The van der Waals surface area contributed by atoms with Crippen LogP contribution in [0.2, 0.25) is 0 Å². The number of hydrogen-bond acceptors (Lipinski definition) is 5. The summed E-state index contributed by atoms with van der Waals surface area (Å²) in [5, 5.41) is 6.99. The Morgan fingerprint density at radius 1 is 1.23 bits per heavy atom. The predicted octanol–water partition coefficient (Wildman–Crippen LogP) is 3.98. The lowest BCUT2D eigenvalue weighted by atomic mass is 10.1. The van der Waals surface area contributed by atoms with Gasteiger partial charge < -0.3 is 4.90 Å². The van der Waals surface area contributed by atoms with Crippen molar-refractivity contribution in [3.05, 3.63) is 63.3 Å². The van der Waals surface area contributed by atoms with Gasteiger partial charge in [0.1, 0.15) is 0 Å². The van der Waals surface area contributed by atoms with Gasteiger partial charge in [-0.1, -0.05) is 24.3 Å². The second-order valence-corrected chi connectivity index (χ2v) is 8.00. The lowest BCUT2D eigenvalue weighted by molar-refractivity contribution is -0.118. The predicted molar refractivity (Wildman–Crippen MR) is 105 cm³/mol. The number of benzene rings is 1. The first-order valence-corrected chi connectivity index (χ1v) is 10.1. The zero-order valence-corrected chi connectivity index (χ0v) is 15.8. The number of nitrogens with zero attached hydrogens (tertiary/aromatic N) is 2. The average Bonchev–Trinajstić information content (AvgIpc) is 3.33. The number of hydrogen-bond donors (Lipinski definition) is 1. The van der Waals surface area contributed by atoms with Crippen molar-refractivity contribution in [1.82, 2.24) is 4.98 Å². The van der Waals surface area contributed by atoms with Crippen LogP contribution in [0.4, 0.5) is 10.8 Å². The highest BCUT2D eigenvalue weighted by Gasteiger charge is 2.30. The lowest BCUT2D eigenvalue weighted by Gasteiger charge is -2.22. The van der Waals surface area contributed by atoms with Crippen LogP contribution in [0, 0.1) is 0 Å². The maximum absolute atomic E-state index is 12.8. The summed E-state index contributed by atoms with van der Waals surface area (Å²) in [6, 6.07) is 11.8. The minimum absolute atomic E-state index is 0.0314. The van der Waals surface area contributed by atoms with Crippen LogP contribution in [-0.4, -0.2) is 22.8 Å². The number of fused-ring (bicyclic) bond motifs is 1. The van der Waals surface area contributed by atoms with Crippen molar-refractivity contribution in [2.24, 2.45) is 0 Å². The first-order chi connectivity index (χ1) is 12.6. The third kappa shape index (κ3) is 3.27. The number of carbonyl (C=O) groups is 2. The Balaban J connectivity index is 1.44. The monoisotopic (exact) mass is 383 g/mol. The van der Waals surface area contributed by atoms with Crippen molar-refractivity contribution in [2.75, 3.05) is 10.2 Å². The van der Waals surface area contributed by atoms with Crippen LogP contribution in [0.5, 0.6) is 0 Å². The number of rotatable bonds is 4. The van der Waals surface area contributed by atoms with E-state index in [4.69, 9.17) is 0 Å². The molecule has 3 aromatic rings. The van der Waals surface area contributed by atoms with Crippen molar-refractivity contribution < 1.29 is 9.59 Å². The molecule has 0 fully saturated rings. The van der Waals surface area contributed by atoms with Crippen LogP contribution in [0.3, 0.4) is 0 Å². The molecule has 1 aliphatic heterocycles. The molecule has 1 atom stereocenters. The Bertz CT molecular complexity index is 949. The minimum Gasteiger partial charge on any atom is -0.309 e. The molecule has 0 unspecified atom stereocenters. The molecular formula is C19H17N3O2S2. The minimum atomic E-state index is -0.172. The number of nitrogens with one attached hydrogen (secondary N) is 1. The van der Waals surface area contributed by atoms with Crippen LogP contribution in [0.15, 0.2) is 47.2 Å². The Morgan fingerprint density at radius 3 is 2.88 bits per heavy atom. The van der Waals surface area contributed by atoms with Crippen LogP contribution < -0.4 is 10.2 Å². The van der Waals surface area contributed by atoms with Crippen molar-refractivity contribution in [1.29, 1.82) is 0 Å². The van der Waals surface area contributed by atoms with E-state index in [0.717, 1.165) is 12.1 Å². The smallest absolute Gasteiger partial charge is 0.267 e. The molecule has 1 N–H and O–H groups in total. The molecule has 132 valence electrons. The van der Waals surface area contributed by atoms with Gasteiger partial charge in [-0.2, -0.15) is 0 Å². The number of aromatic nitrogens is 1. The summed E-state index contributed by atoms with van der Waals surface area (Å²) in [5.41, 5.74) is 2.88. The molecular weight excluding hydrogens is 366 g/mol. The standard InChI is InChI=1S/C19H17N3O2S2/c1-12-9-13-5-2-3-6-15(13)22(12)17(23)10-14-11-26-19(20-14)21-18(24)16-7-4-8-25-16/h2-8,11-12H,9-10H2,1H3,(H,20,21,24)/t12-/m1/s1. The van der Waals surface area contributed by atoms with Gasteiger partial charge in [0.15, 0.2) is 5.13 Å². The van der Waals surface area contributed by atoms with E-state index in [9.17, 15) is 9.59 Å². The molecule has 0 radical (unpaired) electrons. The van der Waals surface area contributed by atoms with E-state index < -0.39 is 0 Å². The lowest BCUT2D eigenvalue weighted by Crippen LogP contribution is -2.36. The highest BCUT2D eigenvalue weighted by atomic mass is 32.1. The van der Waals surface area contributed by atoms with Crippen molar-refractivity contribution in [3.63, 3.8) is 0 Å². The van der Waals surface area contributed by atoms with Gasteiger partial charge in [0.25, 0.3) is 5.91 Å². The number of thiazole rings is 1. The number of para-hydroxylation sites is 1. The third-order valence-electron chi connectivity index (χ3n) is 4.33. The summed E-state index contributed by atoms with van der Waals surface area (Å²) in [5.74, 6) is -0.141. The van der Waals surface area contributed by atoms with E-state index in [-0.39, 0.29) is 24.3 Å². The average molecular weight is 383 g/mol. The van der Waals surface area contributed by atoms with E-state index in [1.54, 1.807) is 6.07 Å². The molecule has 2 aromatic heterocycles. The Morgan fingerprint density at radius 2 is 2.08 bits per heavy atom. The van der Waals surface area contributed by atoms with E-state index >= 15 is 0 Å². The van der Waals surface area contributed by atoms with Crippen molar-refractivity contribution in [3.8, 4) is 0 Å². The summed E-state index contributed by atoms with van der Waals surface area (Å²) >= 11 is 2.72. The number of amides is 2. The largest absolute Gasteiger partial charge is 0.309 e.